The molecule has 2 aromatic carbocycles. The van der Waals surface area contributed by atoms with E-state index in [-0.39, 0.29) is 5.41 Å². The molecule has 0 aliphatic heterocycles. The molecule has 2 rings (SSSR count). The summed E-state index contributed by atoms with van der Waals surface area (Å²) in [5.41, 5.74) is 9.38. The molecule has 0 unspecified atom stereocenters. The number of nitrogen functional groups attached to an aromatic ring is 1. The molecular formula is C18H23NO. The first-order valence-electron chi connectivity index (χ1n) is 7.03. The van der Waals surface area contributed by atoms with E-state index in [1.165, 1.54) is 5.56 Å². The number of rotatable bonds is 4. The lowest BCUT2D eigenvalue weighted by atomic mass is 9.87. The molecule has 0 saturated carbocycles. The maximum Gasteiger partial charge on any atom is 0.119 e. The van der Waals surface area contributed by atoms with Crippen molar-refractivity contribution in [2.24, 2.45) is 0 Å². The Morgan fingerprint density at radius 2 is 1.60 bits per heavy atom. The molecule has 0 aliphatic carbocycles. The van der Waals surface area contributed by atoms with Crippen molar-refractivity contribution in [1.29, 1.82) is 0 Å². The molecule has 0 aliphatic rings. The fourth-order valence-corrected chi connectivity index (χ4v) is 2.09. The summed E-state index contributed by atoms with van der Waals surface area (Å²) < 4.78 is 5.78. The van der Waals surface area contributed by atoms with Crippen LogP contribution in [0.1, 0.15) is 31.9 Å². The van der Waals surface area contributed by atoms with Crippen molar-refractivity contribution in [3.05, 3.63) is 59.7 Å². The summed E-state index contributed by atoms with van der Waals surface area (Å²) in [5.74, 6) is 0.910. The second-order valence-corrected chi connectivity index (χ2v) is 6.07. The molecule has 2 aromatic rings. The van der Waals surface area contributed by atoms with Gasteiger partial charge in [-0.05, 0) is 34.7 Å². The van der Waals surface area contributed by atoms with E-state index in [2.05, 4.69) is 32.9 Å². The Kier molecular flexibility index (Phi) is 4.33. The standard InChI is InChI=1S/C18H23NO/c1-18(2,3)15-8-10-16(11-9-15)20-13-12-14-6-4-5-7-17(14)19/h4-11H,12-13,19H2,1-3H3. The van der Waals surface area contributed by atoms with Crippen LogP contribution < -0.4 is 10.5 Å². The van der Waals surface area contributed by atoms with Crippen molar-refractivity contribution < 1.29 is 4.74 Å². The van der Waals surface area contributed by atoms with Gasteiger partial charge >= 0.3 is 0 Å². The van der Waals surface area contributed by atoms with Crippen molar-refractivity contribution in [1.82, 2.24) is 0 Å². The zero-order valence-electron chi connectivity index (χ0n) is 12.5. The number of hydrogen-bond acceptors (Lipinski definition) is 2. The van der Waals surface area contributed by atoms with Gasteiger partial charge in [0.1, 0.15) is 5.75 Å². The first kappa shape index (κ1) is 14.4. The van der Waals surface area contributed by atoms with Crippen LogP contribution in [0.4, 0.5) is 5.69 Å². The lowest BCUT2D eigenvalue weighted by Gasteiger charge is -2.19. The van der Waals surface area contributed by atoms with Gasteiger partial charge in [0.25, 0.3) is 0 Å². The van der Waals surface area contributed by atoms with Gasteiger partial charge in [0.05, 0.1) is 6.61 Å². The van der Waals surface area contributed by atoms with E-state index >= 15 is 0 Å². The van der Waals surface area contributed by atoms with E-state index in [0.717, 1.165) is 23.4 Å². The van der Waals surface area contributed by atoms with Crippen LogP contribution in [-0.2, 0) is 11.8 Å². The second-order valence-electron chi connectivity index (χ2n) is 6.07. The number of hydrogen-bond donors (Lipinski definition) is 1. The Hall–Kier alpha value is -1.96. The van der Waals surface area contributed by atoms with E-state index in [0.29, 0.717) is 6.61 Å². The van der Waals surface area contributed by atoms with Crippen molar-refractivity contribution in [2.45, 2.75) is 32.6 Å². The Labute approximate surface area is 121 Å². The van der Waals surface area contributed by atoms with Crippen LogP contribution >= 0.6 is 0 Å². The van der Waals surface area contributed by atoms with Gasteiger partial charge in [0.15, 0.2) is 0 Å². The molecule has 0 spiro atoms. The highest BCUT2D eigenvalue weighted by molar-refractivity contribution is 5.46. The molecule has 2 N–H and O–H groups in total. The van der Waals surface area contributed by atoms with Crippen LogP contribution in [0, 0.1) is 0 Å². The van der Waals surface area contributed by atoms with E-state index in [9.17, 15) is 0 Å². The Morgan fingerprint density at radius 3 is 2.20 bits per heavy atom. The first-order valence-corrected chi connectivity index (χ1v) is 7.03. The van der Waals surface area contributed by atoms with Crippen molar-refractivity contribution in [3.63, 3.8) is 0 Å². The topological polar surface area (TPSA) is 35.2 Å². The summed E-state index contributed by atoms with van der Waals surface area (Å²) in [7, 11) is 0. The summed E-state index contributed by atoms with van der Waals surface area (Å²) in [6, 6.07) is 16.3. The van der Waals surface area contributed by atoms with Crippen LogP contribution in [0.5, 0.6) is 5.75 Å². The summed E-state index contributed by atoms with van der Waals surface area (Å²) >= 11 is 0. The molecule has 0 amide bonds. The largest absolute Gasteiger partial charge is 0.493 e. The molecular weight excluding hydrogens is 246 g/mol. The molecule has 0 bridgehead atoms. The van der Waals surface area contributed by atoms with Crippen LogP contribution in [0.2, 0.25) is 0 Å². The molecule has 0 aromatic heterocycles. The van der Waals surface area contributed by atoms with E-state index < -0.39 is 0 Å². The Bertz CT molecular complexity index is 552. The molecule has 0 saturated heterocycles. The highest BCUT2D eigenvalue weighted by Gasteiger charge is 2.12. The lowest BCUT2D eigenvalue weighted by molar-refractivity contribution is 0.322. The van der Waals surface area contributed by atoms with Gasteiger partial charge < -0.3 is 10.5 Å². The molecule has 20 heavy (non-hydrogen) atoms. The van der Waals surface area contributed by atoms with Crippen molar-refractivity contribution in [3.8, 4) is 5.75 Å². The minimum atomic E-state index is 0.178. The third-order valence-corrected chi connectivity index (χ3v) is 3.42. The molecule has 0 fully saturated rings. The van der Waals surface area contributed by atoms with Gasteiger partial charge in [0.2, 0.25) is 0 Å². The quantitative estimate of drug-likeness (QED) is 0.845. The van der Waals surface area contributed by atoms with Crippen molar-refractivity contribution >= 4 is 5.69 Å². The molecule has 2 heteroatoms. The predicted octanol–water partition coefficient (Wildman–Crippen LogP) is 4.19. The summed E-state index contributed by atoms with van der Waals surface area (Å²) in [4.78, 5) is 0. The Balaban J connectivity index is 1.90. The molecule has 106 valence electrons. The maximum absolute atomic E-state index is 5.91. The highest BCUT2D eigenvalue weighted by Crippen LogP contribution is 2.24. The Morgan fingerprint density at radius 1 is 0.950 bits per heavy atom. The van der Waals surface area contributed by atoms with E-state index in [4.69, 9.17) is 10.5 Å². The third-order valence-electron chi connectivity index (χ3n) is 3.42. The van der Waals surface area contributed by atoms with Crippen LogP contribution in [-0.4, -0.2) is 6.61 Å². The number of para-hydroxylation sites is 1. The SMILES string of the molecule is CC(C)(C)c1ccc(OCCc2ccccc2N)cc1. The minimum absolute atomic E-state index is 0.178. The van der Waals surface area contributed by atoms with Crippen molar-refractivity contribution in [2.75, 3.05) is 12.3 Å². The van der Waals surface area contributed by atoms with Gasteiger partial charge in [-0.15, -0.1) is 0 Å². The van der Waals surface area contributed by atoms with Crippen LogP contribution in [0.15, 0.2) is 48.5 Å². The smallest absolute Gasteiger partial charge is 0.119 e. The van der Waals surface area contributed by atoms with Crippen LogP contribution in [0.3, 0.4) is 0 Å². The molecule has 2 nitrogen and oxygen atoms in total. The van der Waals surface area contributed by atoms with Crippen LogP contribution in [0.25, 0.3) is 0 Å². The molecule has 0 atom stereocenters. The third kappa shape index (κ3) is 3.77. The van der Waals surface area contributed by atoms with Gasteiger partial charge in [-0.2, -0.15) is 0 Å². The lowest BCUT2D eigenvalue weighted by Crippen LogP contribution is -2.10. The fourth-order valence-electron chi connectivity index (χ4n) is 2.09. The highest BCUT2D eigenvalue weighted by atomic mass is 16.5. The van der Waals surface area contributed by atoms with E-state index in [1.807, 2.05) is 36.4 Å². The summed E-state index contributed by atoms with van der Waals surface area (Å²) in [5, 5.41) is 0. The fraction of sp³-hybridized carbons (Fsp3) is 0.333. The zero-order chi connectivity index (χ0) is 14.6. The number of benzene rings is 2. The summed E-state index contributed by atoms with van der Waals surface area (Å²) in [6.45, 7) is 7.27. The van der Waals surface area contributed by atoms with E-state index in [1.54, 1.807) is 0 Å². The molecule has 0 radical (unpaired) electrons. The minimum Gasteiger partial charge on any atom is -0.493 e. The van der Waals surface area contributed by atoms with Gasteiger partial charge in [-0.3, -0.25) is 0 Å². The maximum atomic E-state index is 5.91. The number of anilines is 1. The average molecular weight is 269 g/mol. The summed E-state index contributed by atoms with van der Waals surface area (Å²) in [6.07, 6.45) is 0.827. The van der Waals surface area contributed by atoms with Gasteiger partial charge in [0, 0.05) is 12.1 Å². The number of ether oxygens (including phenoxy) is 1. The zero-order valence-corrected chi connectivity index (χ0v) is 12.5. The average Bonchev–Trinajstić information content (AvgIpc) is 2.40. The first-order chi connectivity index (χ1) is 9.47. The van der Waals surface area contributed by atoms with Gasteiger partial charge in [-0.1, -0.05) is 51.1 Å². The normalized spacial score (nSPS) is 11.3. The predicted molar refractivity (Wildman–Crippen MR) is 85.2 cm³/mol. The molecule has 0 heterocycles. The monoisotopic (exact) mass is 269 g/mol. The van der Waals surface area contributed by atoms with Gasteiger partial charge in [-0.25, -0.2) is 0 Å². The second kappa shape index (κ2) is 6.00. The number of nitrogens with two attached hydrogens (primary N) is 1.